The Labute approximate surface area is 248 Å². The number of rotatable bonds is 8. The van der Waals surface area contributed by atoms with Crippen molar-refractivity contribution in [1.29, 1.82) is 0 Å². The first-order valence-electron chi connectivity index (χ1n) is 14.4. The Morgan fingerprint density at radius 3 is 2.39 bits per heavy atom. The van der Waals surface area contributed by atoms with E-state index in [-0.39, 0.29) is 0 Å². The van der Waals surface area contributed by atoms with Gasteiger partial charge in [-0.3, -0.25) is 4.79 Å². The summed E-state index contributed by atoms with van der Waals surface area (Å²) in [6.45, 7) is 13.6. The van der Waals surface area contributed by atoms with Gasteiger partial charge in [0, 0.05) is 60.8 Å². The Bertz CT molecular complexity index is 1610. The van der Waals surface area contributed by atoms with Crippen LogP contribution in [0.15, 0.2) is 42.6 Å². The Morgan fingerprint density at radius 2 is 1.73 bits per heavy atom. The average molecular weight is 590 g/mol. The lowest BCUT2D eigenvalue weighted by atomic mass is 9.92. The zero-order valence-electron chi connectivity index (χ0n) is 25.0. The molecule has 8 heteroatoms. The molecule has 0 saturated heterocycles. The van der Waals surface area contributed by atoms with Crippen LogP contribution in [0.2, 0.25) is 30.7 Å². The highest BCUT2D eigenvalue weighted by atomic mass is 35.5. The number of ether oxygens (including phenoxy) is 1. The van der Waals surface area contributed by atoms with Crippen LogP contribution in [-0.2, 0) is 34.7 Å². The normalized spacial score (nSPS) is 14.4. The van der Waals surface area contributed by atoms with Crippen molar-refractivity contribution in [2.24, 2.45) is 0 Å². The summed E-state index contributed by atoms with van der Waals surface area (Å²) in [7, 11) is -1.22. The molecule has 0 spiro atoms. The Kier molecular flexibility index (Phi) is 8.27. The predicted molar refractivity (Wildman–Crippen MR) is 169 cm³/mol. The lowest BCUT2D eigenvalue weighted by Crippen LogP contribution is -2.22. The number of pyridine rings is 1. The summed E-state index contributed by atoms with van der Waals surface area (Å²) in [5.41, 5.74) is 7.80. The number of aryl methyl sites for hydroxylation is 3. The van der Waals surface area contributed by atoms with Crippen LogP contribution in [0, 0.1) is 6.92 Å². The van der Waals surface area contributed by atoms with Gasteiger partial charge >= 0.3 is 0 Å². The summed E-state index contributed by atoms with van der Waals surface area (Å²) < 4.78 is 7.89. The first-order chi connectivity index (χ1) is 19.3. The first-order valence-corrected chi connectivity index (χ1v) is 18.5. The minimum atomic E-state index is -1.22. The molecule has 216 valence electrons. The fraction of sp³-hybridized carbons (Fsp3) is 0.424. The van der Waals surface area contributed by atoms with Crippen LogP contribution < -0.4 is 0 Å². The number of hydrogen-bond acceptors (Lipinski definition) is 5. The second-order valence-electron chi connectivity index (χ2n) is 13.0. The number of Topliss-reactive ketones (excluding diaryl/α,β-unsaturated/α-hetero) is 1. The minimum Gasteiger partial charge on any atom is -0.386 e. The van der Waals surface area contributed by atoms with Crippen molar-refractivity contribution in [2.45, 2.75) is 84.5 Å². The molecule has 0 bridgehead atoms. The number of nitrogens with zero attached hydrogens (tertiary/aromatic N) is 3. The molecule has 1 N–H and O–H groups in total. The number of halogens is 1. The first kappa shape index (κ1) is 29.6. The molecule has 0 atom stereocenters. The molecular weight excluding hydrogens is 550 g/mol. The Hall–Kier alpha value is -2.84. The standard InChI is InChI=1S/C33H40ClN3O3Si/c1-21-15-22-7-10-26(38)11-8-23(22)16-27(21)25-17-28-31(24-9-12-29(30(34)18-24)33(2,3)39)36-37(32(28)35-19-25)20-40-13-14-41(4,5)6/h9,12,15-19,39H,7-8,10-11,13-14,20H2,1-6H3. The largest absolute Gasteiger partial charge is 0.386 e. The van der Waals surface area contributed by atoms with Crippen molar-refractivity contribution in [3.8, 4) is 22.4 Å². The van der Waals surface area contributed by atoms with Crippen molar-refractivity contribution in [3.63, 3.8) is 0 Å². The molecule has 2 aromatic heterocycles. The zero-order chi connectivity index (χ0) is 29.5. The third kappa shape index (κ3) is 6.64. The molecule has 1 aliphatic rings. The van der Waals surface area contributed by atoms with E-state index in [4.69, 9.17) is 26.4 Å². The van der Waals surface area contributed by atoms with E-state index in [0.29, 0.717) is 42.5 Å². The van der Waals surface area contributed by atoms with Gasteiger partial charge in [-0.15, -0.1) is 0 Å². The third-order valence-corrected chi connectivity index (χ3v) is 9.92. The molecule has 41 heavy (non-hydrogen) atoms. The highest BCUT2D eigenvalue weighted by Gasteiger charge is 2.23. The van der Waals surface area contributed by atoms with E-state index in [1.807, 2.05) is 29.1 Å². The number of benzene rings is 2. The minimum absolute atomic E-state index is 0.314. The molecule has 0 unspecified atom stereocenters. The molecule has 5 rings (SSSR count). The van der Waals surface area contributed by atoms with Gasteiger partial charge in [0.25, 0.3) is 0 Å². The third-order valence-electron chi connectivity index (χ3n) is 7.90. The van der Waals surface area contributed by atoms with Crippen molar-refractivity contribution >= 4 is 36.5 Å². The fourth-order valence-electron chi connectivity index (χ4n) is 5.46. The number of aliphatic hydroxyl groups is 1. The summed E-state index contributed by atoms with van der Waals surface area (Å²) >= 11 is 6.65. The lowest BCUT2D eigenvalue weighted by Gasteiger charge is -2.19. The molecule has 0 radical (unpaired) electrons. The maximum absolute atomic E-state index is 12.1. The van der Waals surface area contributed by atoms with Crippen molar-refractivity contribution in [2.75, 3.05) is 6.61 Å². The van der Waals surface area contributed by atoms with Crippen LogP contribution in [-0.4, -0.2) is 40.3 Å². The van der Waals surface area contributed by atoms with E-state index in [0.717, 1.165) is 52.3 Å². The van der Waals surface area contributed by atoms with Gasteiger partial charge in [-0.1, -0.05) is 55.5 Å². The average Bonchev–Trinajstić information content (AvgIpc) is 3.15. The van der Waals surface area contributed by atoms with Crippen LogP contribution in [0.5, 0.6) is 0 Å². The van der Waals surface area contributed by atoms with Gasteiger partial charge in [-0.05, 0) is 74.0 Å². The number of ketones is 1. The number of carbonyl (C=O) groups is 1. The van der Waals surface area contributed by atoms with E-state index in [2.05, 4.69) is 44.8 Å². The molecular formula is C33H40ClN3O3Si. The van der Waals surface area contributed by atoms with Gasteiger partial charge in [-0.25, -0.2) is 9.67 Å². The topological polar surface area (TPSA) is 77.2 Å². The monoisotopic (exact) mass is 589 g/mol. The summed E-state index contributed by atoms with van der Waals surface area (Å²) in [6, 6.07) is 13.4. The maximum atomic E-state index is 12.1. The SMILES string of the molecule is Cc1cc2c(cc1-c1cnc3c(c1)c(-c1ccc(C(C)(C)O)c(Cl)c1)nn3COCC[Si](C)(C)C)CCC(=O)CC2. The number of carbonyl (C=O) groups excluding carboxylic acids is 1. The molecule has 6 nitrogen and oxygen atoms in total. The molecule has 2 heterocycles. The number of fused-ring (bicyclic) bond motifs is 2. The molecule has 0 saturated carbocycles. The van der Waals surface area contributed by atoms with Gasteiger partial charge in [0.15, 0.2) is 5.65 Å². The fourth-order valence-corrected chi connectivity index (χ4v) is 6.63. The van der Waals surface area contributed by atoms with E-state index in [9.17, 15) is 9.90 Å². The molecule has 2 aromatic carbocycles. The van der Waals surface area contributed by atoms with Crippen molar-refractivity contribution in [1.82, 2.24) is 14.8 Å². The van der Waals surface area contributed by atoms with Crippen LogP contribution in [0.25, 0.3) is 33.4 Å². The molecule has 0 amide bonds. The summed E-state index contributed by atoms with van der Waals surface area (Å²) in [5, 5.41) is 16.9. The Balaban J connectivity index is 1.58. The van der Waals surface area contributed by atoms with Gasteiger partial charge in [-0.2, -0.15) is 5.10 Å². The quantitative estimate of drug-likeness (QED) is 0.129. The van der Waals surface area contributed by atoms with Crippen LogP contribution in [0.3, 0.4) is 0 Å². The van der Waals surface area contributed by atoms with Crippen molar-refractivity contribution < 1.29 is 14.6 Å². The van der Waals surface area contributed by atoms with E-state index < -0.39 is 13.7 Å². The lowest BCUT2D eigenvalue weighted by molar-refractivity contribution is -0.118. The highest BCUT2D eigenvalue weighted by molar-refractivity contribution is 6.76. The number of hydrogen-bond donors (Lipinski definition) is 1. The van der Waals surface area contributed by atoms with Crippen LogP contribution in [0.1, 0.15) is 48.9 Å². The van der Waals surface area contributed by atoms with Crippen LogP contribution >= 0.6 is 11.6 Å². The summed E-state index contributed by atoms with van der Waals surface area (Å²) in [6.07, 6.45) is 4.72. The Morgan fingerprint density at radius 1 is 1.02 bits per heavy atom. The van der Waals surface area contributed by atoms with Crippen LogP contribution in [0.4, 0.5) is 0 Å². The zero-order valence-corrected chi connectivity index (χ0v) is 26.7. The van der Waals surface area contributed by atoms with E-state index in [1.54, 1.807) is 13.8 Å². The number of aromatic nitrogens is 3. The second kappa shape index (κ2) is 11.4. The van der Waals surface area contributed by atoms with Gasteiger partial charge in [0.1, 0.15) is 18.2 Å². The van der Waals surface area contributed by atoms with Gasteiger partial charge in [0.2, 0.25) is 0 Å². The van der Waals surface area contributed by atoms with Gasteiger partial charge < -0.3 is 9.84 Å². The van der Waals surface area contributed by atoms with Gasteiger partial charge in [0.05, 0.1) is 5.60 Å². The summed E-state index contributed by atoms with van der Waals surface area (Å²) in [4.78, 5) is 17.0. The maximum Gasteiger partial charge on any atom is 0.160 e. The van der Waals surface area contributed by atoms with Crippen molar-refractivity contribution in [3.05, 3.63) is 69.9 Å². The second-order valence-corrected chi connectivity index (χ2v) is 19.0. The van der Waals surface area contributed by atoms with E-state index in [1.165, 1.54) is 16.7 Å². The molecule has 4 aromatic rings. The molecule has 1 aliphatic carbocycles. The molecule has 0 aliphatic heterocycles. The summed E-state index contributed by atoms with van der Waals surface area (Å²) in [5.74, 6) is 0.335. The molecule has 0 fully saturated rings. The smallest absolute Gasteiger partial charge is 0.160 e. The highest BCUT2D eigenvalue weighted by Crippen LogP contribution is 2.36. The predicted octanol–water partition coefficient (Wildman–Crippen LogP) is 7.71. The van der Waals surface area contributed by atoms with E-state index >= 15 is 0 Å².